The molecule has 2 aliphatic rings. The predicted octanol–water partition coefficient (Wildman–Crippen LogP) is 4.59. The van der Waals surface area contributed by atoms with Crippen LogP contribution in [0.5, 0.6) is 0 Å². The zero-order chi connectivity index (χ0) is 20.5. The highest BCUT2D eigenvalue weighted by Crippen LogP contribution is 2.40. The molecule has 29 heavy (non-hydrogen) atoms. The van der Waals surface area contributed by atoms with Gasteiger partial charge in [0.05, 0.1) is 17.7 Å². The Bertz CT molecular complexity index is 981. The van der Waals surface area contributed by atoms with Crippen LogP contribution in [0.25, 0.3) is 5.76 Å². The molecule has 0 spiro atoms. The molecule has 1 amide bonds. The molecule has 0 radical (unpaired) electrons. The summed E-state index contributed by atoms with van der Waals surface area (Å²) in [5.74, 6) is -1.61. The van der Waals surface area contributed by atoms with Crippen LogP contribution in [0.3, 0.4) is 0 Å². The monoisotopic (exact) mass is 431 g/mol. The Morgan fingerprint density at radius 2 is 1.86 bits per heavy atom. The van der Waals surface area contributed by atoms with Gasteiger partial charge in [-0.05, 0) is 54.8 Å². The van der Waals surface area contributed by atoms with Gasteiger partial charge in [0.15, 0.2) is 0 Å². The predicted molar refractivity (Wildman–Crippen MR) is 111 cm³/mol. The smallest absolute Gasteiger partial charge is 0.295 e. The fourth-order valence-corrected chi connectivity index (χ4v) is 4.19. The van der Waals surface area contributed by atoms with E-state index in [1.165, 1.54) is 4.90 Å². The molecule has 5 nitrogen and oxygen atoms in total. The minimum absolute atomic E-state index is 0.0394. The maximum Gasteiger partial charge on any atom is 0.295 e. The van der Waals surface area contributed by atoms with Crippen molar-refractivity contribution < 1.29 is 19.4 Å². The van der Waals surface area contributed by atoms with E-state index in [0.29, 0.717) is 27.8 Å². The first-order valence-corrected chi connectivity index (χ1v) is 10.1. The summed E-state index contributed by atoms with van der Waals surface area (Å²) in [6, 6.07) is 12.7. The number of benzene rings is 2. The molecule has 150 valence electrons. The maximum atomic E-state index is 12.9. The van der Waals surface area contributed by atoms with Crippen LogP contribution in [0.15, 0.2) is 54.1 Å². The lowest BCUT2D eigenvalue weighted by molar-refractivity contribution is -0.140. The molecule has 2 atom stereocenters. The Kier molecular flexibility index (Phi) is 5.63. The van der Waals surface area contributed by atoms with Crippen molar-refractivity contribution in [3.8, 4) is 0 Å². The number of nitrogens with zero attached hydrogens (tertiary/aromatic N) is 1. The van der Waals surface area contributed by atoms with E-state index in [1.54, 1.807) is 48.5 Å². The topological polar surface area (TPSA) is 66.8 Å². The van der Waals surface area contributed by atoms with Crippen molar-refractivity contribution in [1.82, 2.24) is 4.90 Å². The standard InChI is InChI=1S/C22H19Cl2NO4/c23-15-8-6-13(7-9-15)20(26)18-19(14-3-1-4-16(24)11-14)25(22(28)21(18)27)12-17-5-2-10-29-17/h1,3-4,6-9,11,17,19,26H,2,5,10,12H2/b20-18-. The molecule has 0 saturated carbocycles. The fourth-order valence-electron chi connectivity index (χ4n) is 3.86. The van der Waals surface area contributed by atoms with E-state index in [9.17, 15) is 14.7 Å². The molecule has 1 N–H and O–H groups in total. The van der Waals surface area contributed by atoms with Crippen LogP contribution in [0, 0.1) is 0 Å². The molecule has 4 rings (SSSR count). The third-order valence-electron chi connectivity index (χ3n) is 5.25. The highest BCUT2D eigenvalue weighted by molar-refractivity contribution is 6.46. The minimum atomic E-state index is -0.742. The third kappa shape index (κ3) is 3.90. The molecule has 2 unspecified atom stereocenters. The lowest BCUT2D eigenvalue weighted by Crippen LogP contribution is -2.36. The number of carbonyl (C=O) groups excluding carboxylic acids is 2. The fraction of sp³-hybridized carbons (Fsp3) is 0.273. The molecule has 2 aliphatic heterocycles. The van der Waals surface area contributed by atoms with Gasteiger partial charge in [0.1, 0.15) is 5.76 Å². The van der Waals surface area contributed by atoms with Crippen LogP contribution < -0.4 is 0 Å². The Morgan fingerprint density at radius 1 is 1.10 bits per heavy atom. The summed E-state index contributed by atoms with van der Waals surface area (Å²) in [6.07, 6.45) is 1.61. The molecule has 0 aromatic heterocycles. The summed E-state index contributed by atoms with van der Waals surface area (Å²) in [6.45, 7) is 0.917. The van der Waals surface area contributed by atoms with Gasteiger partial charge in [-0.15, -0.1) is 0 Å². The molecule has 0 bridgehead atoms. The van der Waals surface area contributed by atoms with Gasteiger partial charge in [0.25, 0.3) is 11.7 Å². The average Bonchev–Trinajstić information content (AvgIpc) is 3.30. The molecule has 2 aromatic rings. The van der Waals surface area contributed by atoms with Crippen molar-refractivity contribution in [2.45, 2.75) is 25.0 Å². The van der Waals surface area contributed by atoms with E-state index in [1.807, 2.05) is 0 Å². The van der Waals surface area contributed by atoms with Crippen molar-refractivity contribution in [2.75, 3.05) is 13.2 Å². The van der Waals surface area contributed by atoms with E-state index in [-0.39, 0.29) is 24.0 Å². The second kappa shape index (κ2) is 8.19. The highest BCUT2D eigenvalue weighted by Gasteiger charge is 2.47. The quantitative estimate of drug-likeness (QED) is 0.436. The summed E-state index contributed by atoms with van der Waals surface area (Å²) >= 11 is 12.1. The lowest BCUT2D eigenvalue weighted by Gasteiger charge is -2.27. The van der Waals surface area contributed by atoms with Crippen LogP contribution in [0.1, 0.15) is 30.0 Å². The Balaban J connectivity index is 1.83. The highest BCUT2D eigenvalue weighted by atomic mass is 35.5. The van der Waals surface area contributed by atoms with Crippen molar-refractivity contribution in [1.29, 1.82) is 0 Å². The molecule has 2 saturated heterocycles. The van der Waals surface area contributed by atoms with E-state index in [4.69, 9.17) is 27.9 Å². The number of carbonyl (C=O) groups is 2. The first kappa shape index (κ1) is 20.0. The summed E-state index contributed by atoms with van der Waals surface area (Å²) < 4.78 is 5.68. The summed E-state index contributed by atoms with van der Waals surface area (Å²) in [4.78, 5) is 27.3. The minimum Gasteiger partial charge on any atom is -0.507 e. The van der Waals surface area contributed by atoms with Gasteiger partial charge >= 0.3 is 0 Å². The zero-order valence-corrected chi connectivity index (χ0v) is 17.0. The van der Waals surface area contributed by atoms with Crippen LogP contribution >= 0.6 is 23.2 Å². The Morgan fingerprint density at radius 3 is 2.52 bits per heavy atom. The summed E-state index contributed by atoms with van der Waals surface area (Å²) in [5, 5.41) is 11.9. The maximum absolute atomic E-state index is 12.9. The molecule has 2 fully saturated rings. The summed E-state index contributed by atoms with van der Waals surface area (Å²) in [7, 11) is 0. The normalized spacial score (nSPS) is 23.7. The van der Waals surface area contributed by atoms with Crippen LogP contribution in [0.4, 0.5) is 0 Å². The zero-order valence-electron chi connectivity index (χ0n) is 15.5. The Labute approximate surface area is 178 Å². The van der Waals surface area contributed by atoms with Gasteiger partial charge < -0.3 is 14.7 Å². The molecule has 7 heteroatoms. The average molecular weight is 432 g/mol. The number of Topliss-reactive ketones (excluding diaryl/α,β-unsaturated/α-hetero) is 1. The molecular formula is C22H19Cl2NO4. The molecule has 2 heterocycles. The van der Waals surface area contributed by atoms with Crippen molar-refractivity contribution in [3.05, 3.63) is 75.3 Å². The van der Waals surface area contributed by atoms with Crippen LogP contribution in [-0.2, 0) is 14.3 Å². The van der Waals surface area contributed by atoms with E-state index < -0.39 is 17.7 Å². The van der Waals surface area contributed by atoms with Crippen molar-refractivity contribution in [2.24, 2.45) is 0 Å². The van der Waals surface area contributed by atoms with Gasteiger partial charge in [-0.1, -0.05) is 35.3 Å². The van der Waals surface area contributed by atoms with Gasteiger partial charge in [0, 0.05) is 28.8 Å². The number of ether oxygens (including phenoxy) is 1. The molecule has 2 aromatic carbocycles. The van der Waals surface area contributed by atoms with Gasteiger partial charge in [0.2, 0.25) is 0 Å². The van der Waals surface area contributed by atoms with E-state index in [0.717, 1.165) is 12.8 Å². The second-order valence-corrected chi connectivity index (χ2v) is 8.02. The number of likely N-dealkylation sites (tertiary alicyclic amines) is 1. The van der Waals surface area contributed by atoms with E-state index >= 15 is 0 Å². The Hall–Kier alpha value is -2.34. The first-order valence-electron chi connectivity index (χ1n) is 9.37. The number of hydrogen-bond donors (Lipinski definition) is 1. The second-order valence-electron chi connectivity index (χ2n) is 7.15. The molecular weight excluding hydrogens is 413 g/mol. The lowest BCUT2D eigenvalue weighted by atomic mass is 9.95. The number of aliphatic hydroxyl groups is 1. The van der Waals surface area contributed by atoms with Crippen LogP contribution in [-0.4, -0.2) is 41.0 Å². The van der Waals surface area contributed by atoms with Crippen molar-refractivity contribution >= 4 is 40.7 Å². The van der Waals surface area contributed by atoms with E-state index in [2.05, 4.69) is 0 Å². The number of amides is 1. The van der Waals surface area contributed by atoms with Gasteiger partial charge in [-0.3, -0.25) is 9.59 Å². The number of aliphatic hydroxyl groups excluding tert-OH is 1. The summed E-state index contributed by atoms with van der Waals surface area (Å²) in [5.41, 5.74) is 1.11. The van der Waals surface area contributed by atoms with Gasteiger partial charge in [-0.2, -0.15) is 0 Å². The number of halogens is 2. The first-order chi connectivity index (χ1) is 14.0. The third-order valence-corrected chi connectivity index (χ3v) is 5.73. The largest absolute Gasteiger partial charge is 0.507 e. The number of hydrogen-bond acceptors (Lipinski definition) is 4. The number of rotatable bonds is 4. The molecule has 0 aliphatic carbocycles. The van der Waals surface area contributed by atoms with Crippen molar-refractivity contribution in [3.63, 3.8) is 0 Å². The number of ketones is 1. The van der Waals surface area contributed by atoms with Crippen LogP contribution in [0.2, 0.25) is 10.0 Å². The van der Waals surface area contributed by atoms with Gasteiger partial charge in [-0.25, -0.2) is 0 Å². The SMILES string of the molecule is O=C1C(=O)N(CC2CCCO2)C(c2cccc(Cl)c2)/C1=C(/O)c1ccc(Cl)cc1.